The second-order valence-corrected chi connectivity index (χ2v) is 14.8. The predicted octanol–water partition coefficient (Wildman–Crippen LogP) is 9.30. The highest BCUT2D eigenvalue weighted by Gasteiger charge is 2.21. The Bertz CT molecular complexity index is 2120. The maximum atomic E-state index is 14.8. The number of aryl methyl sites for hydroxylation is 2. The molecule has 2 aromatic heterocycles. The van der Waals surface area contributed by atoms with Crippen LogP contribution in [0.1, 0.15) is 36.6 Å². The Balaban J connectivity index is 0.000000167. The Kier molecular flexibility index (Phi) is 12.1. The third-order valence-corrected chi connectivity index (χ3v) is 11.6. The van der Waals surface area contributed by atoms with Gasteiger partial charge in [-0.3, -0.25) is 0 Å². The summed E-state index contributed by atoms with van der Waals surface area (Å²) in [4.78, 5) is 13.8. The minimum Gasteiger partial charge on any atom is -0.397 e. The number of ether oxygens (including phenoxy) is 2. The van der Waals surface area contributed by atoms with E-state index in [0.717, 1.165) is 96.5 Å². The molecule has 2 saturated heterocycles. The summed E-state index contributed by atoms with van der Waals surface area (Å²) in [6, 6.07) is 19.0. The maximum absolute atomic E-state index is 14.8. The van der Waals surface area contributed by atoms with Crippen molar-refractivity contribution < 1.29 is 13.9 Å². The lowest BCUT2D eigenvalue weighted by atomic mass is 10.2. The molecular formula is C40H42Cl4FN7O2. The molecule has 0 aliphatic carbocycles. The van der Waals surface area contributed by atoms with Crippen molar-refractivity contribution in [3.8, 4) is 0 Å². The summed E-state index contributed by atoms with van der Waals surface area (Å²) in [5.74, 6) is 1.49. The molecule has 2 N–H and O–H groups in total. The third kappa shape index (κ3) is 7.96. The molecule has 9 nitrogen and oxygen atoms in total. The van der Waals surface area contributed by atoms with Gasteiger partial charge >= 0.3 is 0 Å². The van der Waals surface area contributed by atoms with Crippen molar-refractivity contribution in [1.29, 1.82) is 0 Å². The number of nitrogens with zero attached hydrogens (tertiary/aromatic N) is 6. The Labute approximate surface area is 334 Å². The Morgan fingerprint density at radius 2 is 1.09 bits per heavy atom. The van der Waals surface area contributed by atoms with Crippen LogP contribution in [-0.2, 0) is 35.4 Å². The van der Waals surface area contributed by atoms with E-state index >= 15 is 0 Å². The van der Waals surface area contributed by atoms with Gasteiger partial charge < -0.3 is 34.1 Å². The van der Waals surface area contributed by atoms with E-state index in [0.29, 0.717) is 64.0 Å². The van der Waals surface area contributed by atoms with Crippen LogP contribution in [0.15, 0.2) is 60.7 Å². The second-order valence-electron chi connectivity index (χ2n) is 13.3. The monoisotopic (exact) mass is 811 g/mol. The zero-order valence-corrected chi connectivity index (χ0v) is 33.2. The van der Waals surface area contributed by atoms with Crippen molar-refractivity contribution in [2.75, 3.05) is 68.1 Å². The largest absolute Gasteiger partial charge is 0.397 e. The minimum atomic E-state index is -0.306. The number of hydrogen-bond donors (Lipinski definition) is 1. The second kappa shape index (κ2) is 16.9. The number of benzene rings is 4. The van der Waals surface area contributed by atoms with Crippen molar-refractivity contribution in [3.05, 3.63) is 109 Å². The van der Waals surface area contributed by atoms with E-state index in [1.54, 1.807) is 18.2 Å². The molecule has 6 aromatic rings. The highest BCUT2D eigenvalue weighted by Crippen LogP contribution is 2.33. The van der Waals surface area contributed by atoms with E-state index < -0.39 is 0 Å². The van der Waals surface area contributed by atoms with E-state index in [2.05, 4.69) is 32.3 Å². The van der Waals surface area contributed by atoms with Gasteiger partial charge in [0.05, 0.1) is 76.3 Å². The first kappa shape index (κ1) is 38.5. The van der Waals surface area contributed by atoms with Crippen molar-refractivity contribution in [2.24, 2.45) is 0 Å². The van der Waals surface area contributed by atoms with Gasteiger partial charge in [0.1, 0.15) is 22.7 Å². The van der Waals surface area contributed by atoms with Crippen molar-refractivity contribution in [1.82, 2.24) is 19.1 Å². The number of nitrogen functional groups attached to an aromatic ring is 1. The molecule has 2 fully saturated rings. The molecule has 4 aromatic carbocycles. The van der Waals surface area contributed by atoms with E-state index in [9.17, 15) is 4.39 Å². The zero-order chi connectivity index (χ0) is 37.9. The van der Waals surface area contributed by atoms with Crippen LogP contribution < -0.4 is 15.5 Å². The van der Waals surface area contributed by atoms with Crippen molar-refractivity contribution in [2.45, 2.75) is 39.8 Å². The van der Waals surface area contributed by atoms with Crippen molar-refractivity contribution >= 4 is 85.5 Å². The van der Waals surface area contributed by atoms with Gasteiger partial charge in [0.25, 0.3) is 0 Å². The summed E-state index contributed by atoms with van der Waals surface area (Å²) >= 11 is 25.2. The van der Waals surface area contributed by atoms with Crippen LogP contribution in [0, 0.1) is 5.82 Å². The number of hydrogen-bond acceptors (Lipinski definition) is 7. The summed E-state index contributed by atoms with van der Waals surface area (Å²) in [5.41, 5.74) is 13.9. The average Bonchev–Trinajstić information content (AvgIpc) is 3.74. The minimum absolute atomic E-state index is 0.306. The summed E-state index contributed by atoms with van der Waals surface area (Å²) < 4.78 is 29.9. The van der Waals surface area contributed by atoms with Crippen LogP contribution in [0.3, 0.4) is 0 Å². The molecule has 0 saturated carbocycles. The van der Waals surface area contributed by atoms with Gasteiger partial charge in [-0.15, -0.1) is 0 Å². The quantitative estimate of drug-likeness (QED) is 0.153. The lowest BCUT2D eigenvalue weighted by molar-refractivity contribution is 0.122. The fraction of sp³-hybridized carbons (Fsp3) is 0.350. The third-order valence-electron chi connectivity index (χ3n) is 9.92. The number of imidazole rings is 2. The number of halogens is 5. The normalized spacial score (nSPS) is 14.9. The van der Waals surface area contributed by atoms with Crippen LogP contribution in [0.2, 0.25) is 20.1 Å². The summed E-state index contributed by atoms with van der Waals surface area (Å²) in [7, 11) is 0. The van der Waals surface area contributed by atoms with Crippen LogP contribution in [0.25, 0.3) is 22.1 Å². The molecule has 2 aliphatic rings. The Morgan fingerprint density at radius 1 is 0.648 bits per heavy atom. The van der Waals surface area contributed by atoms with Crippen LogP contribution in [-0.4, -0.2) is 71.7 Å². The first-order valence-electron chi connectivity index (χ1n) is 18.1. The van der Waals surface area contributed by atoms with Crippen LogP contribution in [0.4, 0.5) is 21.5 Å². The number of rotatable bonds is 8. The van der Waals surface area contributed by atoms with Gasteiger partial charge in [0.2, 0.25) is 0 Å². The number of aromatic nitrogens is 4. The van der Waals surface area contributed by atoms with Crippen LogP contribution in [0.5, 0.6) is 0 Å². The van der Waals surface area contributed by atoms with E-state index in [1.165, 1.54) is 0 Å². The first-order chi connectivity index (χ1) is 26.2. The Hall–Kier alpha value is -3.77. The van der Waals surface area contributed by atoms with E-state index in [4.69, 9.17) is 66.6 Å². The van der Waals surface area contributed by atoms with Crippen LogP contribution >= 0.6 is 46.4 Å². The molecule has 2 aliphatic heterocycles. The number of fused-ring (bicyclic) bond motifs is 2. The molecule has 54 heavy (non-hydrogen) atoms. The number of anilines is 3. The summed E-state index contributed by atoms with van der Waals surface area (Å²) in [5, 5.41) is 2.18. The zero-order valence-electron chi connectivity index (χ0n) is 30.2. The molecule has 0 unspecified atom stereocenters. The molecule has 0 radical (unpaired) electrons. The van der Waals surface area contributed by atoms with E-state index in [-0.39, 0.29) is 5.82 Å². The fourth-order valence-electron chi connectivity index (χ4n) is 7.08. The lowest BCUT2D eigenvalue weighted by Gasteiger charge is -2.29. The summed E-state index contributed by atoms with van der Waals surface area (Å²) in [6.07, 6.45) is 1.50. The van der Waals surface area contributed by atoms with Gasteiger partial charge in [-0.2, -0.15) is 0 Å². The average molecular weight is 814 g/mol. The summed E-state index contributed by atoms with van der Waals surface area (Å²) in [6.45, 7) is 11.2. The maximum Gasteiger partial charge on any atom is 0.153 e. The van der Waals surface area contributed by atoms with Gasteiger partial charge in [-0.25, -0.2) is 14.4 Å². The lowest BCUT2D eigenvalue weighted by Crippen LogP contribution is -2.36. The van der Waals surface area contributed by atoms with Gasteiger partial charge in [0, 0.05) is 50.4 Å². The fourth-order valence-corrected chi connectivity index (χ4v) is 7.84. The van der Waals surface area contributed by atoms with E-state index in [1.807, 2.05) is 47.9 Å². The highest BCUT2D eigenvalue weighted by molar-refractivity contribution is 6.43. The SMILES string of the molecule is CCc1nc2c(F)cc(N3CCOCC3)cc2n1Cc1cccc(Cl)c1Cl.CCc1nc2c(N)cc(N3CCOCC3)cc2n1Cc1cccc(Cl)c1Cl. The van der Waals surface area contributed by atoms with Gasteiger partial charge in [-0.05, 0) is 47.5 Å². The first-order valence-corrected chi connectivity index (χ1v) is 19.7. The van der Waals surface area contributed by atoms with Crippen molar-refractivity contribution in [3.63, 3.8) is 0 Å². The molecule has 0 atom stereocenters. The molecule has 4 heterocycles. The number of nitrogens with two attached hydrogens (primary N) is 1. The molecule has 284 valence electrons. The molecule has 8 rings (SSSR count). The Morgan fingerprint density at radius 3 is 1.57 bits per heavy atom. The number of morpholine rings is 2. The molecular weight excluding hydrogens is 771 g/mol. The molecule has 0 spiro atoms. The molecule has 0 bridgehead atoms. The predicted molar refractivity (Wildman–Crippen MR) is 220 cm³/mol. The topological polar surface area (TPSA) is 86.6 Å². The molecule has 14 heteroatoms. The van der Waals surface area contributed by atoms with Gasteiger partial charge in [-0.1, -0.05) is 84.5 Å². The van der Waals surface area contributed by atoms with Gasteiger partial charge in [0.15, 0.2) is 5.82 Å². The standard InChI is InChI=1S/C20H20Cl2FN3O.C20H22Cl2N4O/c2*1-2-18-24-20-16(23)10-14(25-6-8-27-9-7-25)11-17(20)26(18)12-13-4-3-5-15(21)19(13)22/h3-5,10-11H,2,6-9,12H2,1H3;3-5,10-11H,2,6-9,12,23H2,1H3. The highest BCUT2D eigenvalue weighted by atomic mass is 35.5. The smallest absolute Gasteiger partial charge is 0.153 e. The molecule has 0 amide bonds.